The first-order valence-corrected chi connectivity index (χ1v) is 10.5. The lowest BCUT2D eigenvalue weighted by molar-refractivity contribution is -0.120. The Hall–Kier alpha value is -1.96. The Balaban J connectivity index is 1.61. The summed E-state index contributed by atoms with van der Waals surface area (Å²) in [7, 11) is 0. The molecule has 1 unspecified atom stereocenters. The highest BCUT2D eigenvalue weighted by atomic mass is 32.2. The van der Waals surface area contributed by atoms with Crippen molar-refractivity contribution in [2.24, 2.45) is 0 Å². The Morgan fingerprint density at radius 3 is 2.46 bits per heavy atom. The predicted octanol–water partition coefficient (Wildman–Crippen LogP) is 4.78. The number of hydrogen-bond acceptors (Lipinski definition) is 5. The number of rotatable bonds is 6. The Kier molecular flexibility index (Phi) is 5.19. The van der Waals surface area contributed by atoms with Crippen molar-refractivity contribution in [3.05, 3.63) is 70.2 Å². The summed E-state index contributed by atoms with van der Waals surface area (Å²) in [6.07, 6.45) is 2.14. The highest BCUT2D eigenvalue weighted by Gasteiger charge is 2.29. The van der Waals surface area contributed by atoms with Crippen molar-refractivity contribution in [2.45, 2.75) is 28.5 Å². The predicted molar refractivity (Wildman–Crippen MR) is 108 cm³/mol. The van der Waals surface area contributed by atoms with E-state index in [1.165, 1.54) is 23.1 Å². The molecule has 7 heteroatoms. The van der Waals surface area contributed by atoms with Crippen molar-refractivity contribution in [3.63, 3.8) is 0 Å². The second-order valence-electron chi connectivity index (χ2n) is 6.07. The van der Waals surface area contributed by atoms with Gasteiger partial charge >= 0.3 is 0 Å². The van der Waals surface area contributed by atoms with Gasteiger partial charge in [0, 0.05) is 6.04 Å². The molecular weight excluding hydrogens is 382 g/mol. The van der Waals surface area contributed by atoms with Crippen molar-refractivity contribution >= 4 is 41.2 Å². The largest absolute Gasteiger partial charge is 0.352 e. The number of carbonyl (C=O) groups is 1. The number of thioether (sulfide) groups is 1. The molecule has 2 aromatic carbocycles. The van der Waals surface area contributed by atoms with E-state index in [2.05, 4.69) is 10.4 Å². The van der Waals surface area contributed by atoms with Gasteiger partial charge in [-0.25, -0.2) is 4.68 Å². The Morgan fingerprint density at radius 1 is 1.15 bits per heavy atom. The summed E-state index contributed by atoms with van der Waals surface area (Å²) in [4.78, 5) is 12.8. The van der Waals surface area contributed by atoms with Crippen molar-refractivity contribution in [2.75, 3.05) is 0 Å². The van der Waals surface area contributed by atoms with Crippen LogP contribution in [-0.2, 0) is 4.79 Å². The van der Waals surface area contributed by atoms with Gasteiger partial charge in [-0.05, 0) is 42.8 Å². The van der Waals surface area contributed by atoms with Crippen LogP contribution < -0.4 is 5.32 Å². The van der Waals surface area contributed by atoms with Gasteiger partial charge in [-0.2, -0.15) is 0 Å². The van der Waals surface area contributed by atoms with Crippen molar-refractivity contribution in [3.8, 4) is 5.69 Å². The fourth-order valence-electron chi connectivity index (χ4n) is 2.55. The first kappa shape index (κ1) is 17.5. The monoisotopic (exact) mass is 399 g/mol. The van der Waals surface area contributed by atoms with Crippen molar-refractivity contribution in [1.29, 1.82) is 0 Å². The first-order chi connectivity index (χ1) is 12.7. The molecule has 1 fully saturated rings. The topological polar surface area (TPSA) is 46.9 Å². The Bertz CT molecular complexity index is 949. The molecule has 26 heavy (non-hydrogen) atoms. The summed E-state index contributed by atoms with van der Waals surface area (Å²) in [6, 6.07) is 20.0. The summed E-state index contributed by atoms with van der Waals surface area (Å²) in [6.45, 7) is 0. The molecule has 1 N–H and O–H groups in total. The Morgan fingerprint density at radius 2 is 1.81 bits per heavy atom. The minimum absolute atomic E-state index is 0.0380. The number of amides is 1. The van der Waals surface area contributed by atoms with Gasteiger partial charge in [0.05, 0.1) is 5.69 Å². The fraction of sp³-hybridized carbons (Fsp3) is 0.211. The van der Waals surface area contributed by atoms with Gasteiger partial charge in [-0.1, -0.05) is 71.6 Å². The van der Waals surface area contributed by atoms with Crippen LogP contribution in [0.3, 0.4) is 0 Å². The van der Waals surface area contributed by atoms with Crippen LogP contribution in [0.2, 0.25) is 0 Å². The highest BCUT2D eigenvalue weighted by molar-refractivity contribution is 8.02. The molecule has 0 spiro atoms. The van der Waals surface area contributed by atoms with Gasteiger partial charge in [-0.15, -0.1) is 5.10 Å². The van der Waals surface area contributed by atoms with Gasteiger partial charge in [0.25, 0.3) is 0 Å². The molecule has 0 bridgehead atoms. The van der Waals surface area contributed by atoms with Crippen LogP contribution >= 0.6 is 35.3 Å². The van der Waals surface area contributed by atoms with Crippen LogP contribution in [0.15, 0.2) is 65.0 Å². The van der Waals surface area contributed by atoms with E-state index in [1.54, 1.807) is 4.68 Å². The number of hydrogen-bond donors (Lipinski definition) is 1. The number of carbonyl (C=O) groups excluding carboxylic acids is 1. The SMILES string of the molecule is O=C(NC1CC1)C(Sc1nn(-c2ccccc2)c(=S)s1)c1ccccc1. The standard InChI is InChI=1S/C19H17N3OS3/c23-17(20-14-11-12-14)16(13-7-3-1-4-8-13)25-18-21-22(19(24)26-18)15-9-5-2-6-10-15/h1-10,14,16H,11-12H2,(H,20,23). The van der Waals surface area contributed by atoms with Gasteiger partial charge in [-0.3, -0.25) is 4.79 Å². The maximum absolute atomic E-state index is 12.8. The van der Waals surface area contributed by atoms with E-state index < -0.39 is 0 Å². The van der Waals surface area contributed by atoms with Gasteiger partial charge in [0.1, 0.15) is 5.25 Å². The molecule has 1 aliphatic rings. The second-order valence-corrected chi connectivity index (χ2v) is 9.05. The second kappa shape index (κ2) is 7.73. The molecule has 4 nitrogen and oxygen atoms in total. The zero-order valence-corrected chi connectivity index (χ0v) is 16.3. The van der Waals surface area contributed by atoms with E-state index in [-0.39, 0.29) is 11.2 Å². The lowest BCUT2D eigenvalue weighted by Gasteiger charge is -2.15. The van der Waals surface area contributed by atoms with Crippen LogP contribution in [-0.4, -0.2) is 21.7 Å². The highest BCUT2D eigenvalue weighted by Crippen LogP contribution is 2.38. The molecule has 1 atom stereocenters. The maximum atomic E-state index is 12.8. The molecule has 1 amide bonds. The fourth-order valence-corrected chi connectivity index (χ4v) is 5.11. The normalized spacial score (nSPS) is 14.8. The molecule has 0 saturated heterocycles. The summed E-state index contributed by atoms with van der Waals surface area (Å²) in [5, 5.41) is 7.41. The van der Waals surface area contributed by atoms with Crippen LogP contribution in [0.5, 0.6) is 0 Å². The van der Waals surface area contributed by atoms with Crippen molar-refractivity contribution < 1.29 is 4.79 Å². The van der Waals surface area contributed by atoms with Gasteiger partial charge < -0.3 is 5.32 Å². The molecule has 4 rings (SSSR count). The lowest BCUT2D eigenvalue weighted by Crippen LogP contribution is -2.29. The number of nitrogens with zero attached hydrogens (tertiary/aromatic N) is 2. The van der Waals surface area contributed by atoms with Crippen LogP contribution in [0, 0.1) is 3.95 Å². The van der Waals surface area contributed by atoms with E-state index in [0.717, 1.165) is 28.4 Å². The van der Waals surface area contributed by atoms with E-state index in [0.29, 0.717) is 10.00 Å². The minimum atomic E-state index is -0.332. The molecule has 1 aliphatic carbocycles. The average molecular weight is 400 g/mol. The van der Waals surface area contributed by atoms with E-state index in [1.807, 2.05) is 60.7 Å². The number of nitrogens with one attached hydrogen (secondary N) is 1. The Labute approximate surface area is 165 Å². The summed E-state index contributed by atoms with van der Waals surface area (Å²) in [5.41, 5.74) is 1.90. The van der Waals surface area contributed by atoms with Crippen LogP contribution in [0.4, 0.5) is 0 Å². The zero-order chi connectivity index (χ0) is 17.9. The zero-order valence-electron chi connectivity index (χ0n) is 13.9. The quantitative estimate of drug-likeness (QED) is 0.479. The number of aromatic nitrogens is 2. The molecule has 1 heterocycles. The summed E-state index contributed by atoms with van der Waals surface area (Å²) >= 11 is 8.37. The van der Waals surface area contributed by atoms with Gasteiger partial charge in [0.15, 0.2) is 8.29 Å². The van der Waals surface area contributed by atoms with Crippen LogP contribution in [0.1, 0.15) is 23.7 Å². The third kappa shape index (κ3) is 4.06. The number of para-hydroxylation sites is 1. The molecule has 0 aliphatic heterocycles. The van der Waals surface area contributed by atoms with E-state index >= 15 is 0 Å². The average Bonchev–Trinajstić information content (AvgIpc) is 3.41. The van der Waals surface area contributed by atoms with Crippen LogP contribution in [0.25, 0.3) is 5.69 Å². The smallest absolute Gasteiger partial charge is 0.238 e. The number of benzene rings is 2. The molecular formula is C19H17N3OS3. The third-order valence-electron chi connectivity index (χ3n) is 4.01. The van der Waals surface area contributed by atoms with Gasteiger partial charge in [0.2, 0.25) is 5.91 Å². The lowest BCUT2D eigenvalue weighted by atomic mass is 10.1. The summed E-state index contributed by atoms with van der Waals surface area (Å²) < 4.78 is 3.22. The molecule has 1 aromatic heterocycles. The molecule has 0 radical (unpaired) electrons. The van der Waals surface area contributed by atoms with E-state index in [4.69, 9.17) is 12.2 Å². The third-order valence-corrected chi connectivity index (χ3v) is 6.58. The molecule has 132 valence electrons. The first-order valence-electron chi connectivity index (χ1n) is 8.38. The van der Waals surface area contributed by atoms with Crippen molar-refractivity contribution in [1.82, 2.24) is 15.1 Å². The molecule has 1 saturated carbocycles. The summed E-state index contributed by atoms with van der Waals surface area (Å²) in [5.74, 6) is 0.0380. The van der Waals surface area contributed by atoms with E-state index in [9.17, 15) is 4.79 Å². The molecule has 3 aromatic rings. The maximum Gasteiger partial charge on any atom is 0.238 e. The minimum Gasteiger partial charge on any atom is -0.352 e.